The Labute approximate surface area is 144 Å². The molecule has 7 heteroatoms. The Bertz CT molecular complexity index is 777. The SMILES string of the molecule is CCOC(=O)c1sc2ncnc(N3C4CCC3CC(O)C4)c2c1C. The van der Waals surface area contributed by atoms with Gasteiger partial charge in [-0.3, -0.25) is 0 Å². The van der Waals surface area contributed by atoms with Gasteiger partial charge in [-0.25, -0.2) is 14.8 Å². The van der Waals surface area contributed by atoms with Crippen LogP contribution in [0.15, 0.2) is 6.33 Å². The largest absolute Gasteiger partial charge is 0.462 e. The maximum Gasteiger partial charge on any atom is 0.348 e. The number of aromatic nitrogens is 2. The van der Waals surface area contributed by atoms with Gasteiger partial charge in [0.25, 0.3) is 0 Å². The number of hydrogen-bond donors (Lipinski definition) is 1. The maximum atomic E-state index is 12.2. The zero-order valence-corrected chi connectivity index (χ0v) is 14.7. The third-order valence-corrected chi connectivity index (χ3v) is 6.30. The molecule has 24 heavy (non-hydrogen) atoms. The highest BCUT2D eigenvalue weighted by molar-refractivity contribution is 7.20. The molecule has 1 N–H and O–H groups in total. The minimum Gasteiger partial charge on any atom is -0.462 e. The van der Waals surface area contributed by atoms with Crippen LogP contribution >= 0.6 is 11.3 Å². The number of ether oxygens (including phenoxy) is 1. The molecule has 2 atom stereocenters. The molecular formula is C17H21N3O3S. The van der Waals surface area contributed by atoms with Crippen LogP contribution in [0.4, 0.5) is 5.82 Å². The highest BCUT2D eigenvalue weighted by Crippen LogP contribution is 2.43. The Hall–Kier alpha value is -1.73. The van der Waals surface area contributed by atoms with Crippen molar-refractivity contribution in [1.82, 2.24) is 9.97 Å². The number of fused-ring (bicyclic) bond motifs is 3. The summed E-state index contributed by atoms with van der Waals surface area (Å²) in [6.07, 6.45) is 5.11. The first-order valence-corrected chi connectivity index (χ1v) is 9.29. The van der Waals surface area contributed by atoms with Crippen LogP contribution in [0.25, 0.3) is 10.2 Å². The van der Waals surface area contributed by atoms with E-state index in [1.165, 1.54) is 11.3 Å². The molecule has 2 saturated heterocycles. The minimum absolute atomic E-state index is 0.213. The number of aliphatic hydroxyl groups excluding tert-OH is 1. The molecule has 2 unspecified atom stereocenters. The molecule has 2 fully saturated rings. The van der Waals surface area contributed by atoms with Crippen LogP contribution in [0.3, 0.4) is 0 Å². The zero-order valence-electron chi connectivity index (χ0n) is 13.9. The second-order valence-electron chi connectivity index (χ2n) is 6.57. The highest BCUT2D eigenvalue weighted by atomic mass is 32.1. The van der Waals surface area contributed by atoms with E-state index in [0.717, 1.165) is 47.3 Å². The van der Waals surface area contributed by atoms with Crippen molar-refractivity contribution in [1.29, 1.82) is 0 Å². The van der Waals surface area contributed by atoms with Crippen LogP contribution in [0.1, 0.15) is 47.8 Å². The molecule has 0 aromatic carbocycles. The van der Waals surface area contributed by atoms with Crippen LogP contribution in [0.2, 0.25) is 0 Å². The smallest absolute Gasteiger partial charge is 0.348 e. The summed E-state index contributed by atoms with van der Waals surface area (Å²) >= 11 is 1.37. The van der Waals surface area contributed by atoms with Gasteiger partial charge in [0.05, 0.1) is 18.1 Å². The number of esters is 1. The molecule has 0 aliphatic carbocycles. The predicted molar refractivity (Wildman–Crippen MR) is 92.6 cm³/mol. The average Bonchev–Trinajstić information content (AvgIpc) is 3.03. The molecule has 0 spiro atoms. The monoisotopic (exact) mass is 347 g/mol. The summed E-state index contributed by atoms with van der Waals surface area (Å²) in [4.78, 5) is 24.9. The molecule has 0 radical (unpaired) electrons. The van der Waals surface area contributed by atoms with E-state index >= 15 is 0 Å². The number of rotatable bonds is 3. The van der Waals surface area contributed by atoms with Gasteiger partial charge in [-0.05, 0) is 45.1 Å². The van der Waals surface area contributed by atoms with Gasteiger partial charge in [0, 0.05) is 12.1 Å². The number of carbonyl (C=O) groups excluding carboxylic acids is 1. The van der Waals surface area contributed by atoms with E-state index in [9.17, 15) is 9.90 Å². The quantitative estimate of drug-likeness (QED) is 0.861. The van der Waals surface area contributed by atoms with Crippen molar-refractivity contribution in [2.45, 2.75) is 57.7 Å². The predicted octanol–water partition coefficient (Wildman–Crippen LogP) is 2.67. The Morgan fingerprint density at radius 1 is 1.38 bits per heavy atom. The van der Waals surface area contributed by atoms with E-state index in [1.807, 2.05) is 13.8 Å². The number of carbonyl (C=O) groups is 1. The maximum absolute atomic E-state index is 12.2. The fourth-order valence-corrected chi connectivity index (χ4v) is 5.17. The summed E-state index contributed by atoms with van der Waals surface area (Å²) in [7, 11) is 0. The molecule has 4 heterocycles. The number of anilines is 1. The number of aliphatic hydroxyl groups is 1. The van der Waals surface area contributed by atoms with Crippen molar-refractivity contribution in [3.63, 3.8) is 0 Å². The lowest BCUT2D eigenvalue weighted by molar-refractivity contribution is 0.0531. The van der Waals surface area contributed by atoms with Crippen molar-refractivity contribution in [3.8, 4) is 0 Å². The van der Waals surface area contributed by atoms with Gasteiger partial charge >= 0.3 is 5.97 Å². The molecule has 0 amide bonds. The van der Waals surface area contributed by atoms with Crippen molar-refractivity contribution < 1.29 is 14.6 Å². The Morgan fingerprint density at radius 3 is 2.75 bits per heavy atom. The Kier molecular flexibility index (Phi) is 3.92. The van der Waals surface area contributed by atoms with E-state index in [1.54, 1.807) is 6.33 Å². The molecule has 2 aliphatic heterocycles. The molecule has 2 bridgehead atoms. The van der Waals surface area contributed by atoms with Crippen molar-refractivity contribution in [3.05, 3.63) is 16.8 Å². The van der Waals surface area contributed by atoms with Crippen LogP contribution in [-0.2, 0) is 4.74 Å². The van der Waals surface area contributed by atoms with E-state index in [2.05, 4.69) is 14.9 Å². The summed E-state index contributed by atoms with van der Waals surface area (Å²) in [6, 6.07) is 0.643. The lowest BCUT2D eigenvalue weighted by Crippen LogP contribution is -2.45. The molecule has 128 valence electrons. The van der Waals surface area contributed by atoms with Gasteiger partial charge < -0.3 is 14.7 Å². The normalized spacial score (nSPS) is 26.1. The van der Waals surface area contributed by atoms with Crippen LogP contribution < -0.4 is 4.90 Å². The van der Waals surface area contributed by atoms with Crippen LogP contribution in [0, 0.1) is 6.92 Å². The standard InChI is InChI=1S/C17H21N3O3S/c1-3-23-17(22)14-9(2)13-15(18-8-19-16(13)24-14)20-10-4-5-11(20)7-12(21)6-10/h8,10-12,21H,3-7H2,1-2H3. The summed E-state index contributed by atoms with van der Waals surface area (Å²) < 4.78 is 5.17. The lowest BCUT2D eigenvalue weighted by Gasteiger charge is -2.38. The third kappa shape index (κ3) is 2.38. The molecular weight excluding hydrogens is 326 g/mol. The average molecular weight is 347 g/mol. The molecule has 4 rings (SSSR count). The fraction of sp³-hybridized carbons (Fsp3) is 0.588. The topological polar surface area (TPSA) is 75.5 Å². The second kappa shape index (κ2) is 5.97. The van der Waals surface area contributed by atoms with E-state index < -0.39 is 0 Å². The third-order valence-electron chi connectivity index (χ3n) is 5.12. The summed E-state index contributed by atoms with van der Waals surface area (Å²) in [5.74, 6) is 0.615. The first kappa shape index (κ1) is 15.8. The first-order chi connectivity index (χ1) is 11.6. The van der Waals surface area contributed by atoms with E-state index in [4.69, 9.17) is 4.74 Å². The molecule has 0 saturated carbocycles. The Morgan fingerprint density at radius 2 is 2.08 bits per heavy atom. The molecule has 2 aromatic heterocycles. The number of piperidine rings is 1. The van der Waals surface area contributed by atoms with Crippen molar-refractivity contribution in [2.75, 3.05) is 11.5 Å². The lowest BCUT2D eigenvalue weighted by atomic mass is 9.99. The minimum atomic E-state index is -0.291. The number of hydrogen-bond acceptors (Lipinski definition) is 7. The van der Waals surface area contributed by atoms with Gasteiger partial charge in [0.1, 0.15) is 21.9 Å². The summed E-state index contributed by atoms with van der Waals surface area (Å²) in [5, 5.41) is 11.0. The van der Waals surface area contributed by atoms with Gasteiger partial charge in [0.2, 0.25) is 0 Å². The second-order valence-corrected chi connectivity index (χ2v) is 7.57. The van der Waals surface area contributed by atoms with Gasteiger partial charge in [-0.1, -0.05) is 0 Å². The van der Waals surface area contributed by atoms with Crippen LogP contribution in [-0.4, -0.2) is 45.8 Å². The Balaban J connectivity index is 1.81. The number of nitrogens with zero attached hydrogens (tertiary/aromatic N) is 3. The molecule has 2 aliphatic rings. The summed E-state index contributed by atoms with van der Waals surface area (Å²) in [6.45, 7) is 4.11. The van der Waals surface area contributed by atoms with Crippen molar-refractivity contribution >= 4 is 33.3 Å². The number of thiophene rings is 1. The summed E-state index contributed by atoms with van der Waals surface area (Å²) in [5.41, 5.74) is 0.898. The molecule has 2 aromatic rings. The van der Waals surface area contributed by atoms with Crippen LogP contribution in [0.5, 0.6) is 0 Å². The van der Waals surface area contributed by atoms with Gasteiger partial charge in [0.15, 0.2) is 0 Å². The van der Waals surface area contributed by atoms with Gasteiger partial charge in [-0.2, -0.15) is 0 Å². The van der Waals surface area contributed by atoms with E-state index in [-0.39, 0.29) is 12.1 Å². The molecule has 6 nitrogen and oxygen atoms in total. The zero-order chi connectivity index (χ0) is 16.8. The number of aryl methyl sites for hydroxylation is 1. The van der Waals surface area contributed by atoms with E-state index in [0.29, 0.717) is 23.6 Å². The fourth-order valence-electron chi connectivity index (χ4n) is 4.13. The van der Waals surface area contributed by atoms with Gasteiger partial charge in [-0.15, -0.1) is 11.3 Å². The van der Waals surface area contributed by atoms with Crippen molar-refractivity contribution in [2.24, 2.45) is 0 Å². The highest BCUT2D eigenvalue weighted by Gasteiger charge is 2.42. The first-order valence-electron chi connectivity index (χ1n) is 8.47.